The predicted octanol–water partition coefficient (Wildman–Crippen LogP) is -0.00140. The lowest BCUT2D eigenvalue weighted by Gasteiger charge is -2.10. The maximum atomic E-state index is 11.3. The summed E-state index contributed by atoms with van der Waals surface area (Å²) in [6, 6.07) is 0. The highest BCUT2D eigenvalue weighted by molar-refractivity contribution is 5.82. The van der Waals surface area contributed by atoms with Gasteiger partial charge in [-0.05, 0) is 19.9 Å². The number of aliphatic hydroxyl groups excluding tert-OH is 1. The highest BCUT2D eigenvalue weighted by atomic mass is 16.7. The Morgan fingerprint density at radius 1 is 1.33 bits per heavy atom. The monoisotopic (exact) mass is 258 g/mol. The van der Waals surface area contributed by atoms with Crippen LogP contribution in [-0.4, -0.2) is 55.0 Å². The number of esters is 1. The van der Waals surface area contributed by atoms with Crippen molar-refractivity contribution in [1.29, 1.82) is 0 Å². The number of ether oxygens (including phenoxy) is 4. The minimum absolute atomic E-state index is 0.221. The summed E-state index contributed by atoms with van der Waals surface area (Å²) in [6.07, 6.45) is 1.25. The first-order valence-corrected chi connectivity index (χ1v) is 5.83. The Morgan fingerprint density at radius 2 is 1.89 bits per heavy atom. The van der Waals surface area contributed by atoms with Crippen molar-refractivity contribution in [3.05, 3.63) is 12.2 Å². The number of hydrogen-bond donors (Lipinski definition) is 1. The summed E-state index contributed by atoms with van der Waals surface area (Å²) in [6.45, 7) is 5.49. The zero-order valence-electron chi connectivity index (χ0n) is 10.5. The molecule has 0 radical (unpaired) electrons. The Morgan fingerprint density at radius 3 is 2.44 bits per heavy atom. The third-order valence-corrected chi connectivity index (χ3v) is 2.75. The van der Waals surface area contributed by atoms with Crippen LogP contribution in [0.15, 0.2) is 12.2 Å². The first kappa shape index (κ1) is 13.5. The van der Waals surface area contributed by atoms with Crippen LogP contribution >= 0.6 is 0 Å². The number of epoxide rings is 2. The first-order chi connectivity index (χ1) is 8.41. The Hall–Kier alpha value is -0.950. The second kappa shape index (κ2) is 4.97. The van der Waals surface area contributed by atoms with E-state index in [4.69, 9.17) is 18.9 Å². The van der Waals surface area contributed by atoms with Gasteiger partial charge in [0.15, 0.2) is 6.29 Å². The number of hydrogen-bond acceptors (Lipinski definition) is 6. The van der Waals surface area contributed by atoms with Gasteiger partial charge in [0.2, 0.25) is 0 Å². The van der Waals surface area contributed by atoms with Crippen LogP contribution in [0.5, 0.6) is 0 Å². The van der Waals surface area contributed by atoms with Crippen LogP contribution in [0.25, 0.3) is 0 Å². The van der Waals surface area contributed by atoms with E-state index in [0.717, 1.165) is 6.08 Å². The second-order valence-electron chi connectivity index (χ2n) is 5.15. The van der Waals surface area contributed by atoms with E-state index in [2.05, 4.69) is 0 Å². The molecule has 0 spiro atoms. The molecule has 0 amide bonds. The van der Waals surface area contributed by atoms with Gasteiger partial charge in [-0.1, -0.05) is 0 Å². The summed E-state index contributed by atoms with van der Waals surface area (Å²) >= 11 is 0. The molecule has 0 saturated carbocycles. The van der Waals surface area contributed by atoms with Crippen LogP contribution in [0.1, 0.15) is 13.8 Å². The molecular weight excluding hydrogens is 240 g/mol. The zero-order chi connectivity index (χ0) is 13.2. The third-order valence-electron chi connectivity index (χ3n) is 2.75. The SMILES string of the molecule is CC1(COC(=O)/C=C/C(O)OCC2(C)CO2)CO1. The smallest absolute Gasteiger partial charge is 0.330 e. The molecule has 0 aliphatic carbocycles. The molecule has 2 fully saturated rings. The standard InChI is InChI=1S/C12H18O6/c1-11(7-17-11)5-15-9(13)3-4-10(14)16-6-12(2)8-18-12/h3-4,9,13H,5-8H2,1-2H3/b4-3+. The molecular formula is C12H18O6. The van der Waals surface area contributed by atoms with Gasteiger partial charge >= 0.3 is 5.97 Å². The van der Waals surface area contributed by atoms with Gasteiger partial charge in [0.05, 0.1) is 19.8 Å². The van der Waals surface area contributed by atoms with E-state index in [0.29, 0.717) is 19.8 Å². The van der Waals surface area contributed by atoms with E-state index >= 15 is 0 Å². The fourth-order valence-electron chi connectivity index (χ4n) is 1.16. The van der Waals surface area contributed by atoms with E-state index in [9.17, 15) is 9.90 Å². The molecule has 2 rings (SSSR count). The van der Waals surface area contributed by atoms with Crippen molar-refractivity contribution < 1.29 is 28.8 Å². The molecule has 0 aromatic rings. The van der Waals surface area contributed by atoms with E-state index in [1.54, 1.807) is 0 Å². The largest absolute Gasteiger partial charge is 0.459 e. The van der Waals surface area contributed by atoms with Gasteiger partial charge in [0, 0.05) is 6.08 Å². The molecule has 1 N–H and O–H groups in total. The van der Waals surface area contributed by atoms with Crippen molar-refractivity contribution in [2.75, 3.05) is 26.4 Å². The first-order valence-electron chi connectivity index (χ1n) is 5.83. The maximum Gasteiger partial charge on any atom is 0.330 e. The lowest BCUT2D eigenvalue weighted by Crippen LogP contribution is -2.21. The van der Waals surface area contributed by atoms with Gasteiger partial charge in [-0.3, -0.25) is 0 Å². The predicted molar refractivity (Wildman–Crippen MR) is 60.8 cm³/mol. The Labute approximate surface area is 105 Å². The van der Waals surface area contributed by atoms with E-state index in [1.165, 1.54) is 6.08 Å². The van der Waals surface area contributed by atoms with Crippen molar-refractivity contribution in [3.8, 4) is 0 Å². The molecule has 2 heterocycles. The average Bonchev–Trinajstić information content (AvgIpc) is 3.23. The van der Waals surface area contributed by atoms with Crippen molar-refractivity contribution in [1.82, 2.24) is 0 Å². The summed E-state index contributed by atoms with van der Waals surface area (Å²) < 4.78 is 20.2. The number of aliphatic hydroxyl groups is 1. The fraction of sp³-hybridized carbons (Fsp3) is 0.750. The number of carbonyl (C=O) groups excluding carboxylic acids is 1. The average molecular weight is 258 g/mol. The van der Waals surface area contributed by atoms with Crippen LogP contribution in [0.2, 0.25) is 0 Å². The van der Waals surface area contributed by atoms with Crippen LogP contribution in [0.4, 0.5) is 0 Å². The second-order valence-corrected chi connectivity index (χ2v) is 5.15. The van der Waals surface area contributed by atoms with Crippen molar-refractivity contribution >= 4 is 5.97 Å². The number of carbonyl (C=O) groups is 1. The molecule has 2 saturated heterocycles. The third kappa shape index (κ3) is 4.38. The van der Waals surface area contributed by atoms with E-state index in [1.807, 2.05) is 13.8 Å². The van der Waals surface area contributed by atoms with Crippen LogP contribution < -0.4 is 0 Å². The van der Waals surface area contributed by atoms with Crippen molar-refractivity contribution in [2.24, 2.45) is 0 Å². The topological polar surface area (TPSA) is 80.8 Å². The van der Waals surface area contributed by atoms with Crippen LogP contribution in [-0.2, 0) is 23.7 Å². The lowest BCUT2D eigenvalue weighted by atomic mass is 10.2. The van der Waals surface area contributed by atoms with Gasteiger partial charge in [-0.15, -0.1) is 0 Å². The van der Waals surface area contributed by atoms with Gasteiger partial charge in [-0.2, -0.15) is 0 Å². The highest BCUT2D eigenvalue weighted by Crippen LogP contribution is 2.26. The summed E-state index contributed by atoms with van der Waals surface area (Å²) in [7, 11) is 0. The Bertz CT molecular complexity index is 342. The van der Waals surface area contributed by atoms with Gasteiger partial charge < -0.3 is 24.1 Å². The molecule has 18 heavy (non-hydrogen) atoms. The summed E-state index contributed by atoms with van der Waals surface area (Å²) in [5, 5.41) is 9.43. The van der Waals surface area contributed by atoms with Crippen molar-refractivity contribution in [3.63, 3.8) is 0 Å². The van der Waals surface area contributed by atoms with Crippen LogP contribution in [0.3, 0.4) is 0 Å². The molecule has 2 aliphatic heterocycles. The Balaban J connectivity index is 1.60. The summed E-state index contributed by atoms with van der Waals surface area (Å²) in [5.74, 6) is -0.525. The molecule has 102 valence electrons. The minimum atomic E-state index is -1.13. The van der Waals surface area contributed by atoms with Crippen molar-refractivity contribution in [2.45, 2.75) is 31.3 Å². The molecule has 3 atom stereocenters. The van der Waals surface area contributed by atoms with Crippen LogP contribution in [0, 0.1) is 0 Å². The molecule has 6 heteroatoms. The quantitative estimate of drug-likeness (QED) is 0.299. The summed E-state index contributed by atoms with van der Waals surface area (Å²) in [4.78, 5) is 11.3. The van der Waals surface area contributed by atoms with E-state index < -0.39 is 12.3 Å². The Kier molecular flexibility index (Phi) is 3.72. The molecule has 6 nitrogen and oxygen atoms in total. The zero-order valence-corrected chi connectivity index (χ0v) is 10.5. The normalized spacial score (nSPS) is 35.5. The lowest BCUT2D eigenvalue weighted by molar-refractivity contribution is -0.139. The molecule has 0 aromatic heterocycles. The van der Waals surface area contributed by atoms with Gasteiger partial charge in [0.25, 0.3) is 0 Å². The molecule has 2 aliphatic rings. The summed E-state index contributed by atoms with van der Waals surface area (Å²) in [5.41, 5.74) is -0.607. The van der Waals surface area contributed by atoms with Gasteiger partial charge in [-0.25, -0.2) is 4.79 Å². The minimum Gasteiger partial charge on any atom is -0.459 e. The molecule has 0 aromatic carbocycles. The molecule has 3 unspecified atom stereocenters. The fourth-order valence-corrected chi connectivity index (χ4v) is 1.16. The highest BCUT2D eigenvalue weighted by Gasteiger charge is 2.41. The number of rotatable bonds is 7. The molecule has 0 bridgehead atoms. The van der Waals surface area contributed by atoms with E-state index in [-0.39, 0.29) is 17.8 Å². The van der Waals surface area contributed by atoms with Gasteiger partial charge in [0.1, 0.15) is 17.8 Å². The maximum absolute atomic E-state index is 11.3.